The third kappa shape index (κ3) is 4.57. The summed E-state index contributed by atoms with van der Waals surface area (Å²) in [6.45, 7) is 6.78. The minimum absolute atomic E-state index is 0.105. The highest BCUT2D eigenvalue weighted by molar-refractivity contribution is 7.89. The summed E-state index contributed by atoms with van der Waals surface area (Å²) < 4.78 is 26.2. The van der Waals surface area contributed by atoms with Gasteiger partial charge < -0.3 is 5.32 Å². The van der Waals surface area contributed by atoms with Crippen LogP contribution in [0.3, 0.4) is 0 Å². The molecule has 1 atom stereocenters. The summed E-state index contributed by atoms with van der Waals surface area (Å²) in [6, 6.07) is 5.55. The van der Waals surface area contributed by atoms with Gasteiger partial charge in [-0.1, -0.05) is 37.1 Å². The van der Waals surface area contributed by atoms with Crippen LogP contribution in [0.2, 0.25) is 0 Å². The summed E-state index contributed by atoms with van der Waals surface area (Å²) in [4.78, 5) is 12.6. The number of nitrogens with one attached hydrogen (secondary N) is 1. The Bertz CT molecular complexity index is 686. The first kappa shape index (κ1) is 18.9. The minimum atomic E-state index is -3.35. The molecule has 1 amide bonds. The summed E-state index contributed by atoms with van der Waals surface area (Å²) in [7, 11) is -3.35. The Balaban J connectivity index is 2.06. The molecule has 0 bridgehead atoms. The van der Waals surface area contributed by atoms with Crippen molar-refractivity contribution >= 4 is 15.9 Å². The number of aryl methyl sites for hydroxylation is 2. The van der Waals surface area contributed by atoms with Crippen LogP contribution < -0.4 is 5.32 Å². The van der Waals surface area contributed by atoms with Gasteiger partial charge in [-0.25, -0.2) is 8.42 Å². The average Bonchev–Trinajstić information content (AvgIpc) is 2.54. The SMILES string of the molecule is CCCS(=O)(=O)N1CCCCC1C(=O)NCc1ccc(C)cc1C. The second-order valence-corrected chi connectivity index (χ2v) is 8.63. The number of sulfonamides is 1. The van der Waals surface area contributed by atoms with E-state index in [1.54, 1.807) is 0 Å². The number of carbonyl (C=O) groups excluding carboxylic acids is 1. The second kappa shape index (κ2) is 8.12. The fourth-order valence-electron chi connectivity index (χ4n) is 3.22. The summed E-state index contributed by atoms with van der Waals surface area (Å²) in [5, 5.41) is 2.93. The van der Waals surface area contributed by atoms with Crippen molar-refractivity contribution in [3.63, 3.8) is 0 Å². The minimum Gasteiger partial charge on any atom is -0.351 e. The van der Waals surface area contributed by atoms with Crippen molar-refractivity contribution < 1.29 is 13.2 Å². The molecule has 134 valence electrons. The zero-order valence-electron chi connectivity index (χ0n) is 14.8. The van der Waals surface area contributed by atoms with E-state index in [1.807, 2.05) is 32.9 Å². The average molecular weight is 353 g/mol. The first-order valence-electron chi connectivity index (χ1n) is 8.68. The number of piperidine rings is 1. The van der Waals surface area contributed by atoms with E-state index in [0.717, 1.165) is 24.0 Å². The summed E-state index contributed by atoms with van der Waals surface area (Å²) in [5.74, 6) is -0.0808. The molecule has 1 saturated heterocycles. The Kier molecular flexibility index (Phi) is 6.40. The molecule has 0 aliphatic carbocycles. The second-order valence-electron chi connectivity index (χ2n) is 6.59. The maximum atomic E-state index is 12.6. The Hall–Kier alpha value is -1.40. The first-order chi connectivity index (χ1) is 11.3. The Labute approximate surface area is 145 Å². The molecular weight excluding hydrogens is 324 g/mol. The third-order valence-electron chi connectivity index (χ3n) is 4.53. The van der Waals surface area contributed by atoms with Crippen LogP contribution in [0.4, 0.5) is 0 Å². The van der Waals surface area contributed by atoms with E-state index in [9.17, 15) is 13.2 Å². The van der Waals surface area contributed by atoms with Crippen LogP contribution in [-0.2, 0) is 21.4 Å². The Morgan fingerprint density at radius 3 is 2.71 bits per heavy atom. The van der Waals surface area contributed by atoms with Gasteiger partial charge in [-0.3, -0.25) is 4.79 Å². The van der Waals surface area contributed by atoms with Gasteiger partial charge in [-0.2, -0.15) is 4.31 Å². The fraction of sp³-hybridized carbons (Fsp3) is 0.611. The smallest absolute Gasteiger partial charge is 0.238 e. The van der Waals surface area contributed by atoms with E-state index in [4.69, 9.17) is 0 Å². The Morgan fingerprint density at radius 1 is 1.29 bits per heavy atom. The quantitative estimate of drug-likeness (QED) is 0.855. The molecule has 24 heavy (non-hydrogen) atoms. The standard InChI is InChI=1S/C18H28N2O3S/c1-4-11-24(22,23)20-10-6-5-7-17(20)18(21)19-13-16-9-8-14(2)12-15(16)3/h8-9,12,17H,4-7,10-11,13H2,1-3H3,(H,19,21). The normalized spacial score (nSPS) is 19.2. The van der Waals surface area contributed by atoms with Gasteiger partial charge in [-0.15, -0.1) is 0 Å². The van der Waals surface area contributed by atoms with Crippen LogP contribution in [-0.4, -0.2) is 37.0 Å². The van der Waals surface area contributed by atoms with Crippen molar-refractivity contribution in [1.29, 1.82) is 0 Å². The van der Waals surface area contributed by atoms with Crippen molar-refractivity contribution in [3.05, 3.63) is 34.9 Å². The maximum Gasteiger partial charge on any atom is 0.238 e. The molecule has 1 aromatic carbocycles. The zero-order valence-corrected chi connectivity index (χ0v) is 15.7. The predicted octanol–water partition coefficient (Wildman–Crippen LogP) is 2.51. The van der Waals surface area contributed by atoms with Crippen molar-refractivity contribution in [2.24, 2.45) is 0 Å². The van der Waals surface area contributed by atoms with E-state index in [-0.39, 0.29) is 11.7 Å². The van der Waals surface area contributed by atoms with Gasteiger partial charge in [0.05, 0.1) is 5.75 Å². The lowest BCUT2D eigenvalue weighted by Crippen LogP contribution is -2.52. The summed E-state index contributed by atoms with van der Waals surface area (Å²) in [6.07, 6.45) is 2.88. The molecule has 0 spiro atoms. The molecule has 0 saturated carbocycles. The highest BCUT2D eigenvalue weighted by Crippen LogP contribution is 2.22. The highest BCUT2D eigenvalue weighted by atomic mass is 32.2. The molecule has 0 aromatic heterocycles. The monoisotopic (exact) mass is 352 g/mol. The van der Waals surface area contributed by atoms with Crippen molar-refractivity contribution in [3.8, 4) is 0 Å². The molecule has 1 N–H and O–H groups in total. The molecule has 1 unspecified atom stereocenters. The lowest BCUT2D eigenvalue weighted by Gasteiger charge is -2.33. The molecule has 6 heteroatoms. The number of carbonyl (C=O) groups is 1. The molecule has 1 aliphatic heterocycles. The summed E-state index contributed by atoms with van der Waals surface area (Å²) in [5.41, 5.74) is 3.38. The lowest BCUT2D eigenvalue weighted by atomic mass is 10.0. The van der Waals surface area contributed by atoms with E-state index in [0.29, 0.717) is 25.9 Å². The van der Waals surface area contributed by atoms with Crippen LogP contribution in [0.1, 0.15) is 49.3 Å². The van der Waals surface area contributed by atoms with Crippen LogP contribution in [0.15, 0.2) is 18.2 Å². The number of benzene rings is 1. The number of hydrogen-bond acceptors (Lipinski definition) is 3. The maximum absolute atomic E-state index is 12.6. The molecule has 1 aromatic rings. The van der Waals surface area contributed by atoms with E-state index >= 15 is 0 Å². The van der Waals surface area contributed by atoms with Gasteiger partial charge in [0.2, 0.25) is 15.9 Å². The number of amides is 1. The first-order valence-corrected chi connectivity index (χ1v) is 10.3. The molecular formula is C18H28N2O3S. The fourth-order valence-corrected chi connectivity index (χ4v) is 4.97. The van der Waals surface area contributed by atoms with Gasteiger partial charge in [0.15, 0.2) is 0 Å². The van der Waals surface area contributed by atoms with E-state index < -0.39 is 16.1 Å². The van der Waals surface area contributed by atoms with Gasteiger partial charge >= 0.3 is 0 Å². The molecule has 2 rings (SSSR count). The third-order valence-corrected chi connectivity index (χ3v) is 6.60. The highest BCUT2D eigenvalue weighted by Gasteiger charge is 2.35. The molecule has 1 heterocycles. The topological polar surface area (TPSA) is 66.5 Å². The summed E-state index contributed by atoms with van der Waals surface area (Å²) >= 11 is 0. The molecule has 1 fully saturated rings. The largest absolute Gasteiger partial charge is 0.351 e. The zero-order chi connectivity index (χ0) is 17.7. The van der Waals surface area contributed by atoms with E-state index in [1.165, 1.54) is 9.87 Å². The molecule has 1 aliphatic rings. The number of nitrogens with zero attached hydrogens (tertiary/aromatic N) is 1. The van der Waals surface area contributed by atoms with Gasteiger partial charge in [0.25, 0.3) is 0 Å². The van der Waals surface area contributed by atoms with Crippen LogP contribution >= 0.6 is 0 Å². The van der Waals surface area contributed by atoms with Crippen LogP contribution in [0, 0.1) is 13.8 Å². The van der Waals surface area contributed by atoms with Crippen LogP contribution in [0.25, 0.3) is 0 Å². The molecule has 5 nitrogen and oxygen atoms in total. The number of hydrogen-bond donors (Lipinski definition) is 1. The van der Waals surface area contributed by atoms with Crippen molar-refractivity contribution in [1.82, 2.24) is 9.62 Å². The van der Waals surface area contributed by atoms with Crippen molar-refractivity contribution in [2.45, 2.75) is 59.0 Å². The van der Waals surface area contributed by atoms with E-state index in [2.05, 4.69) is 11.4 Å². The lowest BCUT2D eigenvalue weighted by molar-refractivity contribution is -0.125. The van der Waals surface area contributed by atoms with Gasteiger partial charge in [0, 0.05) is 13.1 Å². The van der Waals surface area contributed by atoms with Gasteiger partial charge in [-0.05, 0) is 44.2 Å². The van der Waals surface area contributed by atoms with Gasteiger partial charge in [0.1, 0.15) is 6.04 Å². The Morgan fingerprint density at radius 2 is 2.04 bits per heavy atom. The van der Waals surface area contributed by atoms with Crippen molar-refractivity contribution in [2.75, 3.05) is 12.3 Å². The number of rotatable bonds is 6. The predicted molar refractivity (Wildman–Crippen MR) is 96.2 cm³/mol. The molecule has 0 radical (unpaired) electrons. The van der Waals surface area contributed by atoms with Crippen LogP contribution in [0.5, 0.6) is 0 Å².